The third-order valence-electron chi connectivity index (χ3n) is 4.82. The van der Waals surface area contributed by atoms with Gasteiger partial charge >= 0.3 is 6.09 Å². The van der Waals surface area contributed by atoms with Crippen molar-refractivity contribution in [3.8, 4) is 0 Å². The van der Waals surface area contributed by atoms with Gasteiger partial charge < -0.3 is 19.5 Å². The largest absolute Gasteiger partial charge is 0.444 e. The van der Waals surface area contributed by atoms with Gasteiger partial charge in [-0.3, -0.25) is 4.79 Å². The molecule has 2 amide bonds. The predicted molar refractivity (Wildman–Crippen MR) is 98.1 cm³/mol. The molecule has 1 aliphatic heterocycles. The van der Waals surface area contributed by atoms with Crippen LogP contribution in [0.15, 0.2) is 4.52 Å². The molecule has 1 saturated heterocycles. The number of alkyl carbamates (subject to hydrolysis) is 1. The smallest absolute Gasteiger partial charge is 0.408 e. The van der Waals surface area contributed by atoms with Crippen molar-refractivity contribution < 1.29 is 18.8 Å². The Bertz CT molecular complexity index is 677. The van der Waals surface area contributed by atoms with Crippen molar-refractivity contribution in [3.05, 3.63) is 11.7 Å². The van der Waals surface area contributed by atoms with Gasteiger partial charge in [-0.15, -0.1) is 0 Å². The zero-order valence-electron chi connectivity index (χ0n) is 16.7. The van der Waals surface area contributed by atoms with Crippen molar-refractivity contribution in [3.63, 3.8) is 0 Å². The lowest BCUT2D eigenvalue weighted by molar-refractivity contribution is -0.134. The van der Waals surface area contributed by atoms with Crippen molar-refractivity contribution in [2.75, 3.05) is 13.1 Å². The normalized spacial score (nSPS) is 21.6. The number of ether oxygens (including phenoxy) is 1. The number of nitrogens with zero attached hydrogens (tertiary/aromatic N) is 3. The molecule has 1 aliphatic carbocycles. The van der Waals surface area contributed by atoms with Gasteiger partial charge in [-0.25, -0.2) is 4.79 Å². The van der Waals surface area contributed by atoms with E-state index in [1.165, 1.54) is 0 Å². The first-order valence-corrected chi connectivity index (χ1v) is 9.82. The monoisotopic (exact) mass is 378 g/mol. The molecule has 3 rings (SSSR count). The molecule has 2 fully saturated rings. The Morgan fingerprint density at radius 3 is 2.74 bits per heavy atom. The molecule has 150 valence electrons. The van der Waals surface area contributed by atoms with Crippen LogP contribution in [-0.2, 0) is 16.0 Å². The van der Waals surface area contributed by atoms with Crippen molar-refractivity contribution in [1.29, 1.82) is 0 Å². The summed E-state index contributed by atoms with van der Waals surface area (Å²) >= 11 is 0. The number of hydrogen-bond acceptors (Lipinski definition) is 6. The zero-order valence-corrected chi connectivity index (χ0v) is 16.7. The number of rotatable bonds is 5. The van der Waals surface area contributed by atoms with Gasteiger partial charge in [0.15, 0.2) is 5.82 Å². The van der Waals surface area contributed by atoms with Gasteiger partial charge in [0.1, 0.15) is 11.6 Å². The van der Waals surface area contributed by atoms with Gasteiger partial charge in [-0.1, -0.05) is 5.16 Å². The van der Waals surface area contributed by atoms with Crippen LogP contribution in [0.25, 0.3) is 0 Å². The fourth-order valence-corrected chi connectivity index (χ4v) is 3.36. The molecule has 0 radical (unpaired) electrons. The maximum absolute atomic E-state index is 12.7. The summed E-state index contributed by atoms with van der Waals surface area (Å²) in [7, 11) is 0. The first-order valence-electron chi connectivity index (χ1n) is 9.82. The molecule has 2 atom stereocenters. The molecule has 1 saturated carbocycles. The summed E-state index contributed by atoms with van der Waals surface area (Å²) in [4.78, 5) is 30.9. The number of hydrogen-bond donors (Lipinski definition) is 1. The van der Waals surface area contributed by atoms with E-state index in [9.17, 15) is 9.59 Å². The van der Waals surface area contributed by atoms with Crippen molar-refractivity contribution >= 4 is 12.0 Å². The van der Waals surface area contributed by atoms with E-state index in [1.807, 2.05) is 4.90 Å². The Morgan fingerprint density at radius 1 is 1.33 bits per heavy atom. The molecule has 1 aromatic rings. The molecule has 2 aliphatic rings. The highest BCUT2D eigenvalue weighted by molar-refractivity contribution is 5.85. The first kappa shape index (κ1) is 19.6. The van der Waals surface area contributed by atoms with Gasteiger partial charge in [0.2, 0.25) is 11.8 Å². The predicted octanol–water partition coefficient (Wildman–Crippen LogP) is 2.64. The summed E-state index contributed by atoms with van der Waals surface area (Å²) in [5, 5.41) is 6.69. The number of nitrogens with one attached hydrogen (secondary N) is 1. The molecular formula is C19H30N4O4. The summed E-state index contributed by atoms with van der Waals surface area (Å²) in [6, 6.07) is -0.622. The fourth-order valence-electron chi connectivity index (χ4n) is 3.36. The van der Waals surface area contributed by atoms with E-state index in [1.54, 1.807) is 27.7 Å². The van der Waals surface area contributed by atoms with Gasteiger partial charge in [-0.05, 0) is 59.3 Å². The van der Waals surface area contributed by atoms with Gasteiger partial charge in [0, 0.05) is 25.4 Å². The lowest BCUT2D eigenvalue weighted by Gasteiger charge is -2.34. The average molecular weight is 378 g/mol. The number of carbonyl (C=O) groups excluding carboxylic acids is 2. The highest BCUT2D eigenvalue weighted by atomic mass is 16.6. The molecular weight excluding hydrogens is 348 g/mol. The molecule has 1 N–H and O–H groups in total. The lowest BCUT2D eigenvalue weighted by Crippen LogP contribution is -2.51. The van der Waals surface area contributed by atoms with E-state index in [4.69, 9.17) is 9.26 Å². The van der Waals surface area contributed by atoms with Crippen LogP contribution >= 0.6 is 0 Å². The lowest BCUT2D eigenvalue weighted by atomic mass is 9.94. The minimum Gasteiger partial charge on any atom is -0.444 e. The second kappa shape index (κ2) is 7.86. The van der Waals surface area contributed by atoms with Crippen LogP contribution in [0, 0.1) is 5.92 Å². The van der Waals surface area contributed by atoms with Crippen LogP contribution in [0.3, 0.4) is 0 Å². The van der Waals surface area contributed by atoms with E-state index < -0.39 is 17.7 Å². The Kier molecular flexibility index (Phi) is 5.72. The molecule has 27 heavy (non-hydrogen) atoms. The van der Waals surface area contributed by atoms with Crippen molar-refractivity contribution in [2.45, 2.75) is 77.4 Å². The van der Waals surface area contributed by atoms with E-state index in [2.05, 4.69) is 15.5 Å². The summed E-state index contributed by atoms with van der Waals surface area (Å²) in [5.74, 6) is 2.17. The molecule has 0 aromatic carbocycles. The minimum atomic E-state index is -0.622. The molecule has 0 bridgehead atoms. The van der Waals surface area contributed by atoms with Crippen LogP contribution in [0.4, 0.5) is 4.79 Å². The first-order chi connectivity index (χ1) is 12.7. The highest BCUT2D eigenvalue weighted by Gasteiger charge is 2.31. The van der Waals surface area contributed by atoms with Gasteiger partial charge in [0.05, 0.1) is 0 Å². The van der Waals surface area contributed by atoms with E-state index in [0.29, 0.717) is 37.2 Å². The molecule has 0 unspecified atom stereocenters. The molecule has 1 aromatic heterocycles. The van der Waals surface area contributed by atoms with Crippen LogP contribution in [0.1, 0.15) is 71.0 Å². The van der Waals surface area contributed by atoms with Crippen LogP contribution in [0.2, 0.25) is 0 Å². The summed E-state index contributed by atoms with van der Waals surface area (Å²) in [6.07, 6.45) is 4.37. The van der Waals surface area contributed by atoms with Gasteiger partial charge in [-0.2, -0.15) is 4.98 Å². The Labute approximate surface area is 160 Å². The third-order valence-corrected chi connectivity index (χ3v) is 4.82. The Balaban J connectivity index is 1.50. The van der Waals surface area contributed by atoms with E-state index in [0.717, 1.165) is 31.5 Å². The standard InChI is InChI=1S/C19H30N4O4/c1-12(20-18(25)26-19(2,3)4)17(24)23-9-5-6-13(11-23)10-15-21-16(22-27-15)14-7-8-14/h12-14H,5-11H2,1-4H3,(H,20,25)/t12-,13-/m1/s1. The third kappa shape index (κ3) is 5.68. The fraction of sp³-hybridized carbons (Fsp3) is 0.789. The topological polar surface area (TPSA) is 97.6 Å². The van der Waals surface area contributed by atoms with E-state index >= 15 is 0 Å². The number of likely N-dealkylation sites (tertiary alicyclic amines) is 1. The van der Waals surface area contributed by atoms with Crippen molar-refractivity contribution in [1.82, 2.24) is 20.4 Å². The van der Waals surface area contributed by atoms with Crippen molar-refractivity contribution in [2.24, 2.45) is 5.92 Å². The van der Waals surface area contributed by atoms with Gasteiger partial charge in [0.25, 0.3) is 0 Å². The number of piperidine rings is 1. The summed E-state index contributed by atoms with van der Waals surface area (Å²) in [5.41, 5.74) is -0.591. The molecule has 8 heteroatoms. The molecule has 8 nitrogen and oxygen atoms in total. The molecule has 0 spiro atoms. The minimum absolute atomic E-state index is 0.0882. The highest BCUT2D eigenvalue weighted by Crippen LogP contribution is 2.38. The zero-order chi connectivity index (χ0) is 19.6. The quantitative estimate of drug-likeness (QED) is 0.846. The summed E-state index contributed by atoms with van der Waals surface area (Å²) in [6.45, 7) is 8.41. The number of amides is 2. The maximum atomic E-state index is 12.7. The van der Waals surface area contributed by atoms with E-state index in [-0.39, 0.29) is 5.91 Å². The number of aromatic nitrogens is 2. The Morgan fingerprint density at radius 2 is 2.07 bits per heavy atom. The van der Waals surface area contributed by atoms with Crippen LogP contribution < -0.4 is 5.32 Å². The average Bonchev–Trinajstić information content (AvgIpc) is 3.32. The molecule has 2 heterocycles. The number of carbonyl (C=O) groups is 2. The second-order valence-electron chi connectivity index (χ2n) is 8.69. The SMILES string of the molecule is C[C@@H](NC(=O)OC(C)(C)C)C(=O)N1CCC[C@H](Cc2nc(C3CC3)no2)C1. The summed E-state index contributed by atoms with van der Waals surface area (Å²) < 4.78 is 10.6. The van der Waals surface area contributed by atoms with Crippen LogP contribution in [0.5, 0.6) is 0 Å². The van der Waals surface area contributed by atoms with Crippen LogP contribution in [-0.4, -0.2) is 51.8 Å². The Hall–Kier alpha value is -2.12. The maximum Gasteiger partial charge on any atom is 0.408 e. The second-order valence-corrected chi connectivity index (χ2v) is 8.69.